The highest BCUT2D eigenvalue weighted by Gasteiger charge is 2.16. The molecule has 0 aromatic heterocycles. The number of aryl methyl sites for hydroxylation is 2. The van der Waals surface area contributed by atoms with Crippen LogP contribution in [0.15, 0.2) is 12.1 Å². The summed E-state index contributed by atoms with van der Waals surface area (Å²) in [5.74, 6) is -0.754. The van der Waals surface area contributed by atoms with E-state index in [9.17, 15) is 4.79 Å². The maximum Gasteiger partial charge on any atom is 0.303 e. The lowest BCUT2D eigenvalue weighted by Crippen LogP contribution is -2.16. The number of benzene rings is 1. The normalized spacial score (nSPS) is 14.3. The molecule has 4 heteroatoms. The lowest BCUT2D eigenvalue weighted by atomic mass is 9.92. The molecule has 1 aromatic rings. The van der Waals surface area contributed by atoms with Gasteiger partial charge in [-0.05, 0) is 48.9 Å². The third-order valence-corrected chi connectivity index (χ3v) is 3.52. The standard InChI is InChI=1S/C14H20ClNO2/c1-8(5-14(17)18)4-13(16)11-6-9(2)10(3)7-12(11)15/h6-8,13H,4-5,16H2,1-3H3,(H,17,18). The monoisotopic (exact) mass is 269 g/mol. The average Bonchev–Trinajstić information content (AvgIpc) is 2.21. The molecule has 0 radical (unpaired) electrons. The summed E-state index contributed by atoms with van der Waals surface area (Å²) in [6, 6.07) is 3.69. The van der Waals surface area contributed by atoms with Crippen molar-refractivity contribution in [3.63, 3.8) is 0 Å². The molecule has 2 unspecified atom stereocenters. The van der Waals surface area contributed by atoms with Gasteiger partial charge in [0.25, 0.3) is 0 Å². The van der Waals surface area contributed by atoms with Crippen LogP contribution in [0.1, 0.15) is 42.5 Å². The molecule has 2 atom stereocenters. The summed E-state index contributed by atoms with van der Waals surface area (Å²) in [6.45, 7) is 5.91. The predicted molar refractivity (Wildman–Crippen MR) is 73.9 cm³/mol. The van der Waals surface area contributed by atoms with Gasteiger partial charge in [-0.1, -0.05) is 24.6 Å². The van der Waals surface area contributed by atoms with E-state index in [4.69, 9.17) is 22.4 Å². The summed E-state index contributed by atoms with van der Waals surface area (Å²) < 4.78 is 0. The van der Waals surface area contributed by atoms with E-state index in [1.807, 2.05) is 32.9 Å². The van der Waals surface area contributed by atoms with Crippen molar-refractivity contribution in [1.82, 2.24) is 0 Å². The minimum absolute atomic E-state index is 0.0372. The van der Waals surface area contributed by atoms with Gasteiger partial charge in [-0.3, -0.25) is 4.79 Å². The van der Waals surface area contributed by atoms with Gasteiger partial charge in [-0.2, -0.15) is 0 Å². The second-order valence-corrected chi connectivity index (χ2v) is 5.41. The minimum Gasteiger partial charge on any atom is -0.481 e. The number of carboxylic acids is 1. The first kappa shape index (κ1) is 15.0. The van der Waals surface area contributed by atoms with Crippen LogP contribution in [0.5, 0.6) is 0 Å². The van der Waals surface area contributed by atoms with Crippen molar-refractivity contribution in [2.24, 2.45) is 11.7 Å². The SMILES string of the molecule is Cc1cc(Cl)c(C(N)CC(C)CC(=O)O)cc1C. The Hall–Kier alpha value is -1.06. The van der Waals surface area contributed by atoms with E-state index in [0.29, 0.717) is 11.4 Å². The van der Waals surface area contributed by atoms with Crippen molar-refractivity contribution in [1.29, 1.82) is 0 Å². The van der Waals surface area contributed by atoms with Crippen LogP contribution < -0.4 is 5.73 Å². The van der Waals surface area contributed by atoms with Crippen molar-refractivity contribution in [3.05, 3.63) is 33.8 Å². The smallest absolute Gasteiger partial charge is 0.303 e. The molecule has 0 spiro atoms. The van der Waals surface area contributed by atoms with Gasteiger partial charge in [0.15, 0.2) is 0 Å². The molecular formula is C14H20ClNO2. The number of rotatable bonds is 5. The first-order valence-electron chi connectivity index (χ1n) is 6.05. The molecule has 0 fully saturated rings. The van der Waals surface area contributed by atoms with E-state index in [1.54, 1.807) is 0 Å². The van der Waals surface area contributed by atoms with Gasteiger partial charge in [-0.15, -0.1) is 0 Å². The molecule has 3 nitrogen and oxygen atoms in total. The van der Waals surface area contributed by atoms with Crippen molar-refractivity contribution in [2.75, 3.05) is 0 Å². The highest BCUT2D eigenvalue weighted by molar-refractivity contribution is 6.31. The fraction of sp³-hybridized carbons (Fsp3) is 0.500. The summed E-state index contributed by atoms with van der Waals surface area (Å²) in [5.41, 5.74) is 9.30. The number of aliphatic carboxylic acids is 1. The van der Waals surface area contributed by atoms with Crippen LogP contribution in [0.25, 0.3) is 0 Å². The van der Waals surface area contributed by atoms with Gasteiger partial charge >= 0.3 is 5.97 Å². The van der Waals surface area contributed by atoms with Crippen LogP contribution in [0.2, 0.25) is 5.02 Å². The second kappa shape index (κ2) is 6.21. The molecule has 0 aliphatic rings. The fourth-order valence-corrected chi connectivity index (χ4v) is 2.39. The van der Waals surface area contributed by atoms with Crippen LogP contribution >= 0.6 is 11.6 Å². The van der Waals surface area contributed by atoms with Gasteiger partial charge in [0.2, 0.25) is 0 Å². The van der Waals surface area contributed by atoms with Crippen molar-refractivity contribution >= 4 is 17.6 Å². The maximum atomic E-state index is 10.6. The lowest BCUT2D eigenvalue weighted by molar-refractivity contribution is -0.138. The summed E-state index contributed by atoms with van der Waals surface area (Å²) in [6.07, 6.45) is 0.755. The average molecular weight is 270 g/mol. The Morgan fingerprint density at radius 1 is 1.39 bits per heavy atom. The van der Waals surface area contributed by atoms with Crippen molar-refractivity contribution < 1.29 is 9.90 Å². The van der Waals surface area contributed by atoms with Gasteiger partial charge in [0.05, 0.1) is 0 Å². The molecule has 0 heterocycles. The van der Waals surface area contributed by atoms with Gasteiger partial charge in [0, 0.05) is 17.5 Å². The molecule has 0 aliphatic heterocycles. The van der Waals surface area contributed by atoms with E-state index in [0.717, 1.165) is 16.7 Å². The maximum absolute atomic E-state index is 10.6. The molecule has 100 valence electrons. The Morgan fingerprint density at radius 2 is 1.94 bits per heavy atom. The summed E-state index contributed by atoms with van der Waals surface area (Å²) in [4.78, 5) is 10.6. The summed E-state index contributed by atoms with van der Waals surface area (Å²) in [7, 11) is 0. The molecule has 0 bridgehead atoms. The first-order valence-corrected chi connectivity index (χ1v) is 6.43. The van der Waals surface area contributed by atoms with Crippen LogP contribution in [0, 0.1) is 19.8 Å². The highest BCUT2D eigenvalue weighted by atomic mass is 35.5. The molecule has 0 saturated carbocycles. The van der Waals surface area contributed by atoms with Crippen LogP contribution in [0.3, 0.4) is 0 Å². The molecule has 3 N–H and O–H groups in total. The van der Waals surface area contributed by atoms with Crippen LogP contribution in [-0.4, -0.2) is 11.1 Å². The zero-order valence-electron chi connectivity index (χ0n) is 11.0. The van der Waals surface area contributed by atoms with E-state index in [2.05, 4.69) is 0 Å². The molecule has 0 amide bonds. The zero-order valence-corrected chi connectivity index (χ0v) is 11.8. The summed E-state index contributed by atoms with van der Waals surface area (Å²) >= 11 is 6.19. The third-order valence-electron chi connectivity index (χ3n) is 3.19. The lowest BCUT2D eigenvalue weighted by Gasteiger charge is -2.18. The minimum atomic E-state index is -0.791. The Balaban J connectivity index is 2.81. The van der Waals surface area contributed by atoms with Gasteiger partial charge < -0.3 is 10.8 Å². The fourth-order valence-electron chi connectivity index (χ4n) is 2.03. The van der Waals surface area contributed by atoms with E-state index >= 15 is 0 Å². The number of nitrogens with two attached hydrogens (primary N) is 1. The number of hydrogen-bond acceptors (Lipinski definition) is 2. The zero-order chi connectivity index (χ0) is 13.9. The van der Waals surface area contributed by atoms with E-state index in [-0.39, 0.29) is 18.4 Å². The number of hydrogen-bond donors (Lipinski definition) is 2. The quantitative estimate of drug-likeness (QED) is 0.860. The van der Waals surface area contributed by atoms with E-state index < -0.39 is 5.97 Å². The Bertz CT molecular complexity index is 446. The first-order chi connectivity index (χ1) is 8.31. The Labute approximate surface area is 113 Å². The summed E-state index contributed by atoms with van der Waals surface area (Å²) in [5, 5.41) is 9.40. The molecule has 0 saturated heterocycles. The Morgan fingerprint density at radius 3 is 2.50 bits per heavy atom. The highest BCUT2D eigenvalue weighted by Crippen LogP contribution is 2.29. The van der Waals surface area contributed by atoms with Gasteiger partial charge in [0.1, 0.15) is 0 Å². The molecule has 1 aromatic carbocycles. The number of carboxylic acid groups (broad SMARTS) is 1. The largest absolute Gasteiger partial charge is 0.481 e. The molecule has 0 aliphatic carbocycles. The van der Waals surface area contributed by atoms with Gasteiger partial charge in [-0.25, -0.2) is 0 Å². The topological polar surface area (TPSA) is 63.3 Å². The molecule has 18 heavy (non-hydrogen) atoms. The van der Waals surface area contributed by atoms with Crippen molar-refractivity contribution in [3.8, 4) is 0 Å². The number of carbonyl (C=O) groups is 1. The van der Waals surface area contributed by atoms with Crippen LogP contribution in [0.4, 0.5) is 0 Å². The Kier molecular flexibility index (Phi) is 5.17. The predicted octanol–water partition coefficient (Wildman–Crippen LogP) is 3.46. The van der Waals surface area contributed by atoms with E-state index in [1.165, 1.54) is 0 Å². The number of halogens is 1. The molecule has 1 rings (SSSR count). The second-order valence-electron chi connectivity index (χ2n) is 5.00. The van der Waals surface area contributed by atoms with Crippen LogP contribution in [-0.2, 0) is 4.79 Å². The molecular weight excluding hydrogens is 250 g/mol. The third kappa shape index (κ3) is 4.00. The van der Waals surface area contributed by atoms with Crippen molar-refractivity contribution in [2.45, 2.75) is 39.7 Å².